The average Bonchev–Trinajstić information content (AvgIpc) is 2.61. The molecule has 2 N–H and O–H groups in total. The van der Waals surface area contributed by atoms with Gasteiger partial charge in [0.15, 0.2) is 16.6 Å². The van der Waals surface area contributed by atoms with Gasteiger partial charge in [-0.15, -0.1) is 0 Å². The Labute approximate surface area is 147 Å². The molecule has 0 bridgehead atoms. The van der Waals surface area contributed by atoms with E-state index in [4.69, 9.17) is 31.2 Å². The van der Waals surface area contributed by atoms with E-state index < -0.39 is 0 Å². The molecule has 132 valence electrons. The van der Waals surface area contributed by atoms with E-state index in [-0.39, 0.29) is 0 Å². The minimum absolute atomic E-state index is 0.465. The van der Waals surface area contributed by atoms with Gasteiger partial charge in [0.25, 0.3) is 0 Å². The summed E-state index contributed by atoms with van der Waals surface area (Å²) >= 11 is 5.15. The SMILES string of the molecule is CCOCCCNC(=S)N/N=C\c1cc(OC)c2c(c1)OCCO2. The Bertz CT molecular complexity index is 563. The van der Waals surface area contributed by atoms with Crippen LogP contribution in [0.5, 0.6) is 17.2 Å². The molecule has 0 saturated carbocycles. The maximum absolute atomic E-state index is 5.58. The van der Waals surface area contributed by atoms with Crippen LogP contribution >= 0.6 is 12.2 Å². The zero-order valence-corrected chi connectivity index (χ0v) is 14.8. The van der Waals surface area contributed by atoms with Crippen molar-refractivity contribution in [2.24, 2.45) is 5.10 Å². The van der Waals surface area contributed by atoms with Crippen LogP contribution in [-0.2, 0) is 4.74 Å². The second-order valence-corrected chi connectivity index (χ2v) is 5.33. The summed E-state index contributed by atoms with van der Waals surface area (Å²) in [5.74, 6) is 1.89. The Morgan fingerprint density at radius 2 is 2.21 bits per heavy atom. The number of methoxy groups -OCH3 is 1. The topological polar surface area (TPSA) is 73.3 Å². The van der Waals surface area contributed by atoms with Gasteiger partial charge in [-0.3, -0.25) is 5.43 Å². The molecule has 0 amide bonds. The van der Waals surface area contributed by atoms with Gasteiger partial charge in [-0.05, 0) is 37.7 Å². The van der Waals surface area contributed by atoms with Gasteiger partial charge in [-0.25, -0.2) is 0 Å². The smallest absolute Gasteiger partial charge is 0.203 e. The molecule has 0 unspecified atom stereocenters. The molecule has 1 aromatic carbocycles. The Morgan fingerprint density at radius 1 is 1.38 bits per heavy atom. The van der Waals surface area contributed by atoms with Crippen LogP contribution in [0.4, 0.5) is 0 Å². The third kappa shape index (κ3) is 5.54. The van der Waals surface area contributed by atoms with Crippen LogP contribution < -0.4 is 25.0 Å². The first-order valence-electron chi connectivity index (χ1n) is 7.87. The lowest BCUT2D eigenvalue weighted by Gasteiger charge is -2.20. The first kappa shape index (κ1) is 18.3. The highest BCUT2D eigenvalue weighted by atomic mass is 32.1. The zero-order chi connectivity index (χ0) is 17.2. The minimum Gasteiger partial charge on any atom is -0.493 e. The fourth-order valence-corrected chi connectivity index (χ4v) is 2.25. The van der Waals surface area contributed by atoms with Gasteiger partial charge in [0.05, 0.1) is 13.3 Å². The first-order chi connectivity index (χ1) is 11.7. The van der Waals surface area contributed by atoms with E-state index in [1.807, 2.05) is 19.1 Å². The van der Waals surface area contributed by atoms with Crippen molar-refractivity contribution in [3.8, 4) is 17.2 Å². The van der Waals surface area contributed by atoms with Crippen LogP contribution in [0.3, 0.4) is 0 Å². The second kappa shape index (κ2) is 9.94. The molecule has 1 heterocycles. The molecule has 0 atom stereocenters. The number of nitrogens with zero attached hydrogens (tertiary/aromatic N) is 1. The van der Waals surface area contributed by atoms with E-state index in [0.29, 0.717) is 42.2 Å². The molecule has 0 fully saturated rings. The van der Waals surface area contributed by atoms with E-state index in [0.717, 1.165) is 25.1 Å². The lowest BCUT2D eigenvalue weighted by atomic mass is 10.2. The Hall–Kier alpha value is -2.06. The van der Waals surface area contributed by atoms with Gasteiger partial charge in [0.2, 0.25) is 5.75 Å². The molecule has 0 aliphatic carbocycles. The van der Waals surface area contributed by atoms with Gasteiger partial charge in [0, 0.05) is 25.3 Å². The highest BCUT2D eigenvalue weighted by Crippen LogP contribution is 2.39. The summed E-state index contributed by atoms with van der Waals surface area (Å²) < 4.78 is 21.7. The summed E-state index contributed by atoms with van der Waals surface area (Å²) in [4.78, 5) is 0. The van der Waals surface area contributed by atoms with E-state index in [2.05, 4.69) is 15.8 Å². The number of thiocarbonyl (C=S) groups is 1. The van der Waals surface area contributed by atoms with Crippen LogP contribution in [0.15, 0.2) is 17.2 Å². The first-order valence-corrected chi connectivity index (χ1v) is 8.27. The van der Waals surface area contributed by atoms with Crippen LogP contribution in [0.25, 0.3) is 0 Å². The number of hydrazone groups is 1. The summed E-state index contributed by atoms with van der Waals surface area (Å²) in [6.45, 7) is 5.19. The lowest BCUT2D eigenvalue weighted by molar-refractivity contribution is 0.145. The monoisotopic (exact) mass is 353 g/mol. The number of fused-ring (bicyclic) bond motifs is 1. The van der Waals surface area contributed by atoms with Crippen molar-refractivity contribution >= 4 is 23.5 Å². The Balaban J connectivity index is 1.84. The number of hydrogen-bond acceptors (Lipinski definition) is 6. The molecule has 2 rings (SSSR count). The van der Waals surface area contributed by atoms with Crippen molar-refractivity contribution in [1.82, 2.24) is 10.7 Å². The minimum atomic E-state index is 0.465. The number of benzene rings is 1. The zero-order valence-electron chi connectivity index (χ0n) is 14.0. The van der Waals surface area contributed by atoms with Crippen molar-refractivity contribution < 1.29 is 18.9 Å². The van der Waals surface area contributed by atoms with E-state index in [1.165, 1.54) is 0 Å². The molecule has 24 heavy (non-hydrogen) atoms. The lowest BCUT2D eigenvalue weighted by Crippen LogP contribution is -2.33. The molecule has 1 aliphatic rings. The largest absolute Gasteiger partial charge is 0.493 e. The molecular weight excluding hydrogens is 330 g/mol. The predicted octanol–water partition coefficient (Wildman–Crippen LogP) is 1.69. The summed E-state index contributed by atoms with van der Waals surface area (Å²) in [5.41, 5.74) is 3.60. The summed E-state index contributed by atoms with van der Waals surface area (Å²) in [5, 5.41) is 7.64. The van der Waals surface area contributed by atoms with Crippen molar-refractivity contribution in [3.05, 3.63) is 17.7 Å². The second-order valence-electron chi connectivity index (χ2n) is 4.92. The van der Waals surface area contributed by atoms with Crippen molar-refractivity contribution in [2.45, 2.75) is 13.3 Å². The maximum Gasteiger partial charge on any atom is 0.203 e. The number of ether oxygens (including phenoxy) is 4. The number of rotatable bonds is 8. The Morgan fingerprint density at radius 3 is 3.00 bits per heavy atom. The molecule has 1 aliphatic heterocycles. The van der Waals surface area contributed by atoms with Crippen LogP contribution in [0.1, 0.15) is 18.9 Å². The van der Waals surface area contributed by atoms with Crippen LogP contribution in [-0.4, -0.2) is 51.4 Å². The predicted molar refractivity (Wildman–Crippen MR) is 96.4 cm³/mol. The standard InChI is InChI=1S/C16H23N3O4S/c1-3-21-6-4-5-17-16(24)19-18-11-12-9-13(20-2)15-14(10-12)22-7-8-23-15/h9-11H,3-8H2,1-2H3,(H2,17,19,24)/b18-11-. The molecule has 0 aromatic heterocycles. The Kier molecular flexibility index (Phi) is 7.57. The normalized spacial score (nSPS) is 12.9. The third-order valence-corrected chi connectivity index (χ3v) is 3.42. The van der Waals surface area contributed by atoms with E-state index in [9.17, 15) is 0 Å². The number of nitrogens with one attached hydrogen (secondary N) is 2. The molecule has 7 nitrogen and oxygen atoms in total. The van der Waals surface area contributed by atoms with E-state index in [1.54, 1.807) is 13.3 Å². The fourth-order valence-electron chi connectivity index (χ4n) is 2.09. The molecule has 0 saturated heterocycles. The molecule has 1 aromatic rings. The summed E-state index contributed by atoms with van der Waals surface area (Å²) in [6, 6.07) is 3.68. The van der Waals surface area contributed by atoms with Crippen molar-refractivity contribution in [3.63, 3.8) is 0 Å². The van der Waals surface area contributed by atoms with Crippen molar-refractivity contribution in [1.29, 1.82) is 0 Å². The molecule has 0 radical (unpaired) electrons. The maximum atomic E-state index is 5.58. The van der Waals surface area contributed by atoms with Crippen LogP contribution in [0, 0.1) is 0 Å². The quantitative estimate of drug-likeness (QED) is 0.319. The molecule has 8 heteroatoms. The van der Waals surface area contributed by atoms with Gasteiger partial charge in [-0.2, -0.15) is 5.10 Å². The third-order valence-electron chi connectivity index (χ3n) is 3.19. The average molecular weight is 353 g/mol. The van der Waals surface area contributed by atoms with Gasteiger partial charge >= 0.3 is 0 Å². The number of hydrogen-bond donors (Lipinski definition) is 2. The van der Waals surface area contributed by atoms with Gasteiger partial charge < -0.3 is 24.3 Å². The highest BCUT2D eigenvalue weighted by Gasteiger charge is 2.17. The highest BCUT2D eigenvalue weighted by molar-refractivity contribution is 7.80. The summed E-state index contributed by atoms with van der Waals surface area (Å²) in [7, 11) is 1.59. The van der Waals surface area contributed by atoms with E-state index >= 15 is 0 Å². The van der Waals surface area contributed by atoms with Gasteiger partial charge in [0.1, 0.15) is 13.2 Å². The molecular formula is C16H23N3O4S. The summed E-state index contributed by atoms with van der Waals surface area (Å²) in [6.07, 6.45) is 2.54. The fraction of sp³-hybridized carbons (Fsp3) is 0.500. The van der Waals surface area contributed by atoms with Crippen molar-refractivity contribution in [2.75, 3.05) is 40.1 Å². The van der Waals surface area contributed by atoms with Gasteiger partial charge in [-0.1, -0.05) is 0 Å². The molecule has 0 spiro atoms. The van der Waals surface area contributed by atoms with Crippen LogP contribution in [0.2, 0.25) is 0 Å².